The first-order chi connectivity index (χ1) is 16.2. The molecule has 0 unspecified atom stereocenters. The van der Waals surface area contributed by atoms with E-state index in [9.17, 15) is 56.7 Å². The van der Waals surface area contributed by atoms with Crippen LogP contribution in [0.1, 0.15) is 10.4 Å². The van der Waals surface area contributed by atoms with E-state index >= 15 is 0 Å². The molecule has 0 atom stereocenters. The van der Waals surface area contributed by atoms with Gasteiger partial charge in [-0.2, -0.15) is 33.7 Å². The van der Waals surface area contributed by atoms with Crippen molar-refractivity contribution in [3.63, 3.8) is 0 Å². The summed E-state index contributed by atoms with van der Waals surface area (Å²) < 4.78 is 132. The molecule has 3 rings (SSSR count). The molecular weight excluding hydrogens is 568 g/mol. The van der Waals surface area contributed by atoms with Crippen LogP contribution in [-0.4, -0.2) is 57.8 Å². The topological polar surface area (TPSA) is 273 Å². The first-order valence-corrected chi connectivity index (χ1v) is 14.7. The van der Waals surface area contributed by atoms with Crippen molar-refractivity contribution in [2.45, 2.75) is 19.6 Å². The average molecular weight is 583 g/mol. The van der Waals surface area contributed by atoms with Crippen molar-refractivity contribution in [3.8, 4) is 0 Å². The van der Waals surface area contributed by atoms with Crippen LogP contribution in [0.4, 0.5) is 11.4 Å². The van der Waals surface area contributed by atoms with E-state index in [1.54, 1.807) is 0 Å². The van der Waals surface area contributed by atoms with E-state index in [-0.39, 0.29) is 0 Å². The van der Waals surface area contributed by atoms with Gasteiger partial charge in [-0.3, -0.25) is 23.0 Å². The average Bonchev–Trinajstić information content (AvgIpc) is 2.69. The third-order valence-electron chi connectivity index (χ3n) is 4.63. The molecule has 0 radical (unpaired) electrons. The molecule has 3 aromatic rings. The summed E-state index contributed by atoms with van der Waals surface area (Å²) in [5, 5.41) is 0.680. The van der Waals surface area contributed by atoms with Crippen molar-refractivity contribution in [2.24, 2.45) is 0 Å². The first kappa shape index (κ1) is 27.4. The third kappa shape index (κ3) is 5.47. The van der Waals surface area contributed by atoms with Gasteiger partial charge in [-0.05, 0) is 41.8 Å². The Bertz CT molecular complexity index is 1870. The van der Waals surface area contributed by atoms with Gasteiger partial charge >= 0.3 is 0 Å². The van der Waals surface area contributed by atoms with E-state index in [4.69, 9.17) is 5.73 Å². The number of carbonyl (C=O) groups is 1. The maximum absolute atomic E-state index is 12.9. The van der Waals surface area contributed by atoms with Gasteiger partial charge in [0.25, 0.3) is 46.4 Å². The zero-order chi connectivity index (χ0) is 27.4. The van der Waals surface area contributed by atoms with E-state index in [1.165, 1.54) is 0 Å². The summed E-state index contributed by atoms with van der Waals surface area (Å²) in [6.07, 6.45) is 0. The number of benzene rings is 3. The maximum atomic E-state index is 12.9. The lowest BCUT2D eigenvalue weighted by Crippen LogP contribution is -2.18. The fourth-order valence-corrected chi connectivity index (χ4v) is 5.96. The number of carbonyl (C=O) groups excluding carboxylic acids is 1. The van der Waals surface area contributed by atoms with Gasteiger partial charge in [-0.15, -0.1) is 0 Å². The number of nitrogens with one attached hydrogen (secondary N) is 1. The lowest BCUT2D eigenvalue weighted by molar-refractivity contribution is 0.102. The van der Waals surface area contributed by atoms with Crippen molar-refractivity contribution < 1.29 is 56.7 Å². The van der Waals surface area contributed by atoms with Crippen molar-refractivity contribution in [3.05, 3.63) is 48.0 Å². The molecule has 15 nitrogen and oxygen atoms in total. The zero-order valence-corrected chi connectivity index (χ0v) is 20.5. The second-order valence-corrected chi connectivity index (χ2v) is 12.7. The van der Waals surface area contributed by atoms with Crippen LogP contribution in [-0.2, 0) is 40.5 Å². The van der Waals surface area contributed by atoms with Crippen LogP contribution in [0.5, 0.6) is 0 Å². The second-order valence-electron chi connectivity index (χ2n) is 7.07. The van der Waals surface area contributed by atoms with Gasteiger partial charge in [0.05, 0.1) is 26.7 Å². The molecule has 1 amide bonds. The van der Waals surface area contributed by atoms with Crippen molar-refractivity contribution in [1.82, 2.24) is 0 Å². The van der Waals surface area contributed by atoms with Crippen molar-refractivity contribution >= 4 is 68.5 Å². The van der Waals surface area contributed by atoms with Gasteiger partial charge < -0.3 is 11.1 Å². The summed E-state index contributed by atoms with van der Waals surface area (Å²) in [5.41, 5.74) is 3.42. The molecular formula is C17H14N2O13S4. The summed E-state index contributed by atoms with van der Waals surface area (Å²) in [5.74, 6) is -1.39. The minimum atomic E-state index is -5.32. The van der Waals surface area contributed by atoms with Crippen LogP contribution in [0.25, 0.3) is 10.8 Å². The summed E-state index contributed by atoms with van der Waals surface area (Å²) in [6, 6.07) is 5.03. The minimum absolute atomic E-state index is 0.305. The van der Waals surface area contributed by atoms with Gasteiger partial charge in [-0.25, -0.2) is 0 Å². The molecule has 194 valence electrons. The predicted octanol–water partition coefficient (Wildman–Crippen LogP) is 0.661. The largest absolute Gasteiger partial charge is 0.398 e. The smallest absolute Gasteiger partial charge is 0.297 e. The SMILES string of the molecule is Nc1cccc(C(=O)Nc2cc(S(=O)(=O)O)cc3cc(S(=O)(=O)O)cc(S(=O)(=O)O)c23)c1S(=O)(=O)O. The molecule has 0 aliphatic heterocycles. The molecule has 0 bridgehead atoms. The van der Waals surface area contributed by atoms with Crippen molar-refractivity contribution in [1.29, 1.82) is 0 Å². The number of hydrogen-bond acceptors (Lipinski definition) is 10. The molecule has 3 aromatic carbocycles. The van der Waals surface area contributed by atoms with E-state index in [0.29, 0.717) is 24.3 Å². The van der Waals surface area contributed by atoms with E-state index < -0.39 is 93.7 Å². The minimum Gasteiger partial charge on any atom is -0.398 e. The molecule has 19 heteroatoms. The molecule has 0 aliphatic rings. The Labute approximate surface area is 203 Å². The van der Waals surface area contributed by atoms with Crippen LogP contribution in [0.3, 0.4) is 0 Å². The van der Waals surface area contributed by atoms with Crippen LogP contribution >= 0.6 is 0 Å². The maximum Gasteiger partial charge on any atom is 0.297 e. The van der Waals surface area contributed by atoms with Crippen LogP contribution in [0.2, 0.25) is 0 Å². The number of amides is 1. The molecule has 0 heterocycles. The molecule has 0 aliphatic carbocycles. The predicted molar refractivity (Wildman–Crippen MR) is 122 cm³/mol. The highest BCUT2D eigenvalue weighted by Gasteiger charge is 2.27. The third-order valence-corrected chi connectivity index (χ3v) is 8.14. The molecule has 0 spiro atoms. The van der Waals surface area contributed by atoms with Gasteiger partial charge in [0, 0.05) is 5.39 Å². The Kier molecular flexibility index (Phi) is 6.66. The van der Waals surface area contributed by atoms with Gasteiger partial charge in [0.2, 0.25) is 0 Å². The van der Waals surface area contributed by atoms with Crippen LogP contribution < -0.4 is 11.1 Å². The van der Waals surface area contributed by atoms with E-state index in [0.717, 1.165) is 18.2 Å². The van der Waals surface area contributed by atoms with Gasteiger partial charge in [0.15, 0.2) is 0 Å². The number of nitrogens with two attached hydrogens (primary N) is 1. The summed E-state index contributed by atoms with van der Waals surface area (Å²) in [4.78, 5) is 8.57. The summed E-state index contributed by atoms with van der Waals surface area (Å²) in [6.45, 7) is 0. The normalized spacial score (nSPS) is 13.0. The quantitative estimate of drug-likeness (QED) is 0.172. The van der Waals surface area contributed by atoms with E-state index in [2.05, 4.69) is 0 Å². The Balaban J connectivity index is 2.44. The lowest BCUT2D eigenvalue weighted by atomic mass is 10.1. The molecule has 7 N–H and O–H groups in total. The fourth-order valence-electron chi connectivity index (χ4n) is 3.23. The number of fused-ring (bicyclic) bond motifs is 1. The molecule has 36 heavy (non-hydrogen) atoms. The Hall–Kier alpha value is -3.17. The second kappa shape index (κ2) is 8.74. The Morgan fingerprint density at radius 3 is 1.72 bits per heavy atom. The Morgan fingerprint density at radius 2 is 1.25 bits per heavy atom. The molecule has 0 saturated carbocycles. The molecule has 0 saturated heterocycles. The van der Waals surface area contributed by atoms with Crippen molar-refractivity contribution in [2.75, 3.05) is 11.1 Å². The Morgan fingerprint density at radius 1 is 0.722 bits per heavy atom. The summed E-state index contributed by atoms with van der Waals surface area (Å²) >= 11 is 0. The lowest BCUT2D eigenvalue weighted by Gasteiger charge is -2.15. The highest BCUT2D eigenvalue weighted by Crippen LogP contribution is 2.36. The standard InChI is InChI=1S/C17H14N2O13S4/c18-12-3-1-2-11(16(12)36(30,31)32)17(20)19-13-6-9(33(21,22)23)4-8-5-10(34(24,25)26)7-14(15(8)13)35(27,28)29/h1-7H,18H2,(H,19,20)(H,21,22,23)(H,24,25,26)(H,27,28,29)(H,30,31,32). The first-order valence-electron chi connectivity index (χ1n) is 8.93. The van der Waals surface area contributed by atoms with Gasteiger partial charge in [0.1, 0.15) is 9.79 Å². The monoisotopic (exact) mass is 582 g/mol. The molecule has 0 aromatic heterocycles. The number of nitrogen functional groups attached to an aromatic ring is 1. The fraction of sp³-hybridized carbons (Fsp3) is 0. The summed E-state index contributed by atoms with van der Waals surface area (Å²) in [7, 11) is -20.6. The van der Waals surface area contributed by atoms with Gasteiger partial charge in [-0.1, -0.05) is 6.07 Å². The zero-order valence-electron chi connectivity index (χ0n) is 17.2. The number of anilines is 2. The van der Waals surface area contributed by atoms with E-state index in [1.807, 2.05) is 5.32 Å². The van der Waals surface area contributed by atoms with Crippen LogP contribution in [0, 0.1) is 0 Å². The van der Waals surface area contributed by atoms with Crippen LogP contribution in [0.15, 0.2) is 62.0 Å². The number of hydrogen-bond donors (Lipinski definition) is 6. The number of rotatable bonds is 6. The molecule has 0 fully saturated rings. The highest BCUT2D eigenvalue weighted by atomic mass is 32.2. The highest BCUT2D eigenvalue weighted by molar-refractivity contribution is 7.87.